The lowest BCUT2D eigenvalue weighted by Crippen LogP contribution is -2.36. The first-order valence-electron chi connectivity index (χ1n) is 6.75. The van der Waals surface area contributed by atoms with E-state index in [4.69, 9.17) is 11.6 Å². The van der Waals surface area contributed by atoms with E-state index in [1.165, 1.54) is 6.07 Å². The first-order chi connectivity index (χ1) is 8.58. The smallest absolute Gasteiger partial charge is 0.127 e. The molecule has 1 aromatic carbocycles. The number of halogens is 2. The van der Waals surface area contributed by atoms with Crippen LogP contribution in [-0.2, 0) is 6.42 Å². The zero-order valence-corrected chi connectivity index (χ0v) is 12.2. The first-order valence-corrected chi connectivity index (χ1v) is 7.13. The molecule has 0 spiro atoms. The molecule has 0 radical (unpaired) electrons. The summed E-state index contributed by atoms with van der Waals surface area (Å²) in [6, 6.07) is 5.39. The van der Waals surface area contributed by atoms with Crippen molar-refractivity contribution in [3.05, 3.63) is 34.6 Å². The predicted molar refractivity (Wildman–Crippen MR) is 76.7 cm³/mol. The number of nitrogens with one attached hydrogen (secondary N) is 1. The van der Waals surface area contributed by atoms with Gasteiger partial charge < -0.3 is 5.32 Å². The van der Waals surface area contributed by atoms with E-state index in [1.807, 2.05) is 0 Å². The first kappa shape index (κ1) is 15.5. The highest BCUT2D eigenvalue weighted by Gasteiger charge is 2.16. The highest BCUT2D eigenvalue weighted by atomic mass is 35.5. The Balaban J connectivity index is 2.64. The monoisotopic (exact) mass is 271 g/mol. The highest BCUT2D eigenvalue weighted by Crippen LogP contribution is 2.20. The molecule has 1 aromatic rings. The van der Waals surface area contributed by atoms with Crippen molar-refractivity contribution < 1.29 is 4.39 Å². The highest BCUT2D eigenvalue weighted by molar-refractivity contribution is 6.30. The molecular weight excluding hydrogens is 249 g/mol. The minimum atomic E-state index is -0.195. The summed E-state index contributed by atoms with van der Waals surface area (Å²) in [6.07, 6.45) is 2.94. The summed E-state index contributed by atoms with van der Waals surface area (Å²) < 4.78 is 13.7. The molecule has 3 heteroatoms. The summed E-state index contributed by atoms with van der Waals surface area (Å²) in [5, 5.41) is 3.98. The van der Waals surface area contributed by atoms with Crippen molar-refractivity contribution in [2.45, 2.75) is 46.1 Å². The average Bonchev–Trinajstić information content (AvgIpc) is 2.34. The zero-order valence-electron chi connectivity index (χ0n) is 11.5. The van der Waals surface area contributed by atoms with Gasteiger partial charge in [-0.05, 0) is 49.4 Å². The van der Waals surface area contributed by atoms with E-state index in [1.54, 1.807) is 12.1 Å². The molecule has 2 unspecified atom stereocenters. The molecule has 0 aliphatic carbocycles. The molecule has 1 N–H and O–H groups in total. The van der Waals surface area contributed by atoms with Crippen LogP contribution in [0.4, 0.5) is 4.39 Å². The van der Waals surface area contributed by atoms with E-state index < -0.39 is 0 Å². The van der Waals surface area contributed by atoms with Gasteiger partial charge in [-0.15, -0.1) is 0 Å². The maximum atomic E-state index is 13.7. The third kappa shape index (κ3) is 4.58. The maximum absolute atomic E-state index is 13.7. The Hall–Kier alpha value is -0.600. The molecule has 0 aliphatic heterocycles. The van der Waals surface area contributed by atoms with Crippen molar-refractivity contribution in [2.24, 2.45) is 5.92 Å². The van der Waals surface area contributed by atoms with Gasteiger partial charge in [0.1, 0.15) is 5.82 Å². The summed E-state index contributed by atoms with van der Waals surface area (Å²) in [5.74, 6) is 0.219. The van der Waals surface area contributed by atoms with Crippen molar-refractivity contribution in [3.63, 3.8) is 0 Å². The summed E-state index contributed by atoms with van der Waals surface area (Å²) in [4.78, 5) is 0. The van der Waals surface area contributed by atoms with Crippen LogP contribution in [0.25, 0.3) is 0 Å². The summed E-state index contributed by atoms with van der Waals surface area (Å²) in [7, 11) is 0. The lowest BCUT2D eigenvalue weighted by molar-refractivity contribution is 0.361. The topological polar surface area (TPSA) is 12.0 Å². The summed E-state index contributed by atoms with van der Waals surface area (Å²) in [5.41, 5.74) is 0.753. The maximum Gasteiger partial charge on any atom is 0.127 e. The van der Waals surface area contributed by atoms with E-state index in [2.05, 4.69) is 26.1 Å². The lowest BCUT2D eigenvalue weighted by Gasteiger charge is -2.24. The fourth-order valence-electron chi connectivity index (χ4n) is 2.25. The Morgan fingerprint density at radius 2 is 2.06 bits per heavy atom. The van der Waals surface area contributed by atoms with Crippen LogP contribution in [0.5, 0.6) is 0 Å². The van der Waals surface area contributed by atoms with Gasteiger partial charge in [-0.2, -0.15) is 0 Å². The summed E-state index contributed by atoms with van der Waals surface area (Å²) in [6.45, 7) is 7.52. The normalized spacial score (nSPS) is 14.5. The van der Waals surface area contributed by atoms with Crippen molar-refractivity contribution in [1.29, 1.82) is 0 Å². The van der Waals surface area contributed by atoms with Crippen LogP contribution < -0.4 is 5.32 Å². The molecule has 0 saturated heterocycles. The van der Waals surface area contributed by atoms with Crippen LogP contribution in [-0.4, -0.2) is 12.6 Å². The van der Waals surface area contributed by atoms with Gasteiger partial charge in [0.05, 0.1) is 0 Å². The van der Waals surface area contributed by atoms with Gasteiger partial charge in [-0.25, -0.2) is 4.39 Å². The fraction of sp³-hybridized carbons (Fsp3) is 0.600. The molecule has 2 atom stereocenters. The van der Waals surface area contributed by atoms with Crippen LogP contribution in [0.1, 0.15) is 39.2 Å². The van der Waals surface area contributed by atoms with E-state index in [9.17, 15) is 4.39 Å². The van der Waals surface area contributed by atoms with Gasteiger partial charge in [0.2, 0.25) is 0 Å². The van der Waals surface area contributed by atoms with Gasteiger partial charge in [-0.1, -0.05) is 38.4 Å². The average molecular weight is 272 g/mol. The second-order valence-corrected chi connectivity index (χ2v) is 5.32. The molecule has 0 heterocycles. The predicted octanol–water partition coefficient (Wildman–Crippen LogP) is 4.44. The molecule has 18 heavy (non-hydrogen) atoms. The minimum absolute atomic E-state index is 0.195. The molecule has 0 bridgehead atoms. The summed E-state index contributed by atoms with van der Waals surface area (Å²) >= 11 is 5.76. The Labute approximate surface area is 115 Å². The molecule has 0 saturated carbocycles. The van der Waals surface area contributed by atoms with Crippen LogP contribution in [0.2, 0.25) is 5.02 Å². The molecule has 0 amide bonds. The minimum Gasteiger partial charge on any atom is -0.314 e. The van der Waals surface area contributed by atoms with Crippen LogP contribution in [0, 0.1) is 11.7 Å². The molecule has 0 aromatic heterocycles. The SMILES string of the molecule is CCCNC(CC)C(C)Cc1ccc(Cl)cc1F. The van der Waals surface area contributed by atoms with E-state index >= 15 is 0 Å². The Bertz CT molecular complexity index is 368. The van der Waals surface area contributed by atoms with Crippen LogP contribution in [0.15, 0.2) is 18.2 Å². The quantitative estimate of drug-likeness (QED) is 0.773. The van der Waals surface area contributed by atoms with Crippen molar-refractivity contribution >= 4 is 11.6 Å². The number of hydrogen-bond donors (Lipinski definition) is 1. The second kappa shape index (κ2) is 7.75. The van der Waals surface area contributed by atoms with Gasteiger partial charge >= 0.3 is 0 Å². The lowest BCUT2D eigenvalue weighted by atomic mass is 9.92. The number of rotatable bonds is 7. The number of benzene rings is 1. The molecule has 0 fully saturated rings. The van der Waals surface area contributed by atoms with Crippen LogP contribution >= 0.6 is 11.6 Å². The van der Waals surface area contributed by atoms with Crippen LogP contribution in [0.3, 0.4) is 0 Å². The standard InChI is InChI=1S/C15H23ClFN/c1-4-8-18-15(5-2)11(3)9-12-6-7-13(16)10-14(12)17/h6-7,10-11,15,18H,4-5,8-9H2,1-3H3. The van der Waals surface area contributed by atoms with Crippen molar-refractivity contribution in [1.82, 2.24) is 5.32 Å². The number of hydrogen-bond acceptors (Lipinski definition) is 1. The van der Waals surface area contributed by atoms with Gasteiger partial charge in [0.25, 0.3) is 0 Å². The Morgan fingerprint density at radius 1 is 1.33 bits per heavy atom. The third-order valence-electron chi connectivity index (χ3n) is 3.34. The molecule has 0 aliphatic rings. The second-order valence-electron chi connectivity index (χ2n) is 4.89. The van der Waals surface area contributed by atoms with E-state index in [0.29, 0.717) is 17.0 Å². The third-order valence-corrected chi connectivity index (χ3v) is 3.58. The molecular formula is C15H23ClFN. The molecule has 1 rings (SSSR count). The largest absolute Gasteiger partial charge is 0.314 e. The zero-order chi connectivity index (χ0) is 13.5. The van der Waals surface area contributed by atoms with Crippen molar-refractivity contribution in [2.75, 3.05) is 6.54 Å². The molecule has 102 valence electrons. The van der Waals surface area contributed by atoms with Crippen molar-refractivity contribution in [3.8, 4) is 0 Å². The Morgan fingerprint density at radius 3 is 2.61 bits per heavy atom. The fourth-order valence-corrected chi connectivity index (χ4v) is 2.41. The Kier molecular flexibility index (Phi) is 6.66. The van der Waals surface area contributed by atoms with Gasteiger partial charge in [0, 0.05) is 11.1 Å². The van der Waals surface area contributed by atoms with E-state index in [0.717, 1.165) is 31.4 Å². The van der Waals surface area contributed by atoms with Gasteiger partial charge in [0.15, 0.2) is 0 Å². The van der Waals surface area contributed by atoms with Gasteiger partial charge in [-0.3, -0.25) is 0 Å². The molecule has 1 nitrogen and oxygen atoms in total. The van der Waals surface area contributed by atoms with E-state index in [-0.39, 0.29) is 5.82 Å².